The molecule has 0 aliphatic rings. The van der Waals surface area contributed by atoms with Crippen LogP contribution < -0.4 is 10.6 Å². The molecule has 0 saturated heterocycles. The Morgan fingerprint density at radius 2 is 2.21 bits per heavy atom. The molecule has 0 spiro atoms. The molecule has 1 aromatic rings. The minimum Gasteiger partial charge on any atom is -0.479 e. The van der Waals surface area contributed by atoms with Crippen LogP contribution in [0, 0.1) is 5.82 Å². The molecule has 0 saturated carbocycles. The molecule has 1 aromatic carbocycles. The number of nitrogens with one attached hydrogen (secondary N) is 2. The van der Waals surface area contributed by atoms with E-state index in [-0.39, 0.29) is 16.7 Å². The van der Waals surface area contributed by atoms with Crippen LogP contribution >= 0.6 is 15.9 Å². The van der Waals surface area contributed by atoms with E-state index in [9.17, 15) is 14.0 Å². The van der Waals surface area contributed by atoms with Gasteiger partial charge in [0.05, 0.1) is 11.0 Å². The molecule has 2 amide bonds. The maximum absolute atomic E-state index is 13.2. The molecule has 19 heavy (non-hydrogen) atoms. The highest BCUT2D eigenvalue weighted by atomic mass is 79.9. The Morgan fingerprint density at radius 1 is 1.53 bits per heavy atom. The minimum atomic E-state index is -1.18. The Morgan fingerprint density at radius 3 is 2.74 bits per heavy atom. The molecular formula is C11H12BrFN2O4. The standard InChI is InChI=1S/C11H12BrFN2O4/c1-19-9(10(16)17)5-14-11(18)15-6-2-3-7(12)8(13)4-6/h2-4,9H,5H2,1H3,(H,16,17)(H2,14,15,18). The van der Waals surface area contributed by atoms with Crippen molar-refractivity contribution in [3.63, 3.8) is 0 Å². The summed E-state index contributed by atoms with van der Waals surface area (Å²) in [6, 6.07) is 3.43. The molecule has 0 fully saturated rings. The van der Waals surface area contributed by atoms with Gasteiger partial charge in [0.2, 0.25) is 0 Å². The number of ether oxygens (including phenoxy) is 1. The van der Waals surface area contributed by atoms with Gasteiger partial charge in [-0.3, -0.25) is 0 Å². The highest BCUT2D eigenvalue weighted by Gasteiger charge is 2.17. The molecule has 0 bridgehead atoms. The third-order valence-electron chi connectivity index (χ3n) is 2.19. The SMILES string of the molecule is COC(CNC(=O)Nc1ccc(Br)c(F)c1)C(=O)O. The van der Waals surface area contributed by atoms with Crippen molar-refractivity contribution in [2.45, 2.75) is 6.10 Å². The first-order chi connectivity index (χ1) is 8.93. The molecular weight excluding hydrogens is 323 g/mol. The maximum Gasteiger partial charge on any atom is 0.334 e. The topological polar surface area (TPSA) is 87.7 Å². The van der Waals surface area contributed by atoms with Gasteiger partial charge >= 0.3 is 12.0 Å². The van der Waals surface area contributed by atoms with Crippen LogP contribution in [0.1, 0.15) is 0 Å². The number of anilines is 1. The number of carboxylic acid groups (broad SMARTS) is 1. The number of aliphatic carboxylic acids is 1. The quantitative estimate of drug-likeness (QED) is 0.766. The molecule has 0 aliphatic carbocycles. The molecule has 0 radical (unpaired) electrons. The van der Waals surface area contributed by atoms with Crippen molar-refractivity contribution in [3.05, 3.63) is 28.5 Å². The van der Waals surface area contributed by atoms with Gasteiger partial charge in [-0.25, -0.2) is 14.0 Å². The first-order valence-electron chi connectivity index (χ1n) is 5.19. The summed E-state index contributed by atoms with van der Waals surface area (Å²) in [5.74, 6) is -1.70. The lowest BCUT2D eigenvalue weighted by atomic mass is 10.3. The van der Waals surface area contributed by atoms with Gasteiger partial charge < -0.3 is 20.5 Å². The summed E-state index contributed by atoms with van der Waals surface area (Å²) >= 11 is 2.99. The number of carboxylic acids is 1. The van der Waals surface area contributed by atoms with Crippen LogP contribution in [0.4, 0.5) is 14.9 Å². The van der Waals surface area contributed by atoms with Crippen molar-refractivity contribution in [1.29, 1.82) is 0 Å². The maximum atomic E-state index is 13.2. The number of urea groups is 1. The van der Waals surface area contributed by atoms with Crippen LogP contribution in [0.5, 0.6) is 0 Å². The molecule has 0 heterocycles. The predicted octanol–water partition coefficient (Wildman–Crippen LogP) is 1.81. The number of hydrogen-bond acceptors (Lipinski definition) is 3. The smallest absolute Gasteiger partial charge is 0.334 e. The van der Waals surface area contributed by atoms with Gasteiger partial charge in [0, 0.05) is 12.8 Å². The lowest BCUT2D eigenvalue weighted by molar-refractivity contribution is -0.147. The zero-order valence-corrected chi connectivity index (χ0v) is 11.5. The molecule has 3 N–H and O–H groups in total. The average molecular weight is 335 g/mol. The van der Waals surface area contributed by atoms with Crippen LogP contribution in [-0.4, -0.2) is 36.9 Å². The van der Waals surface area contributed by atoms with Crippen molar-refractivity contribution in [2.24, 2.45) is 0 Å². The van der Waals surface area contributed by atoms with Gasteiger partial charge in [0.1, 0.15) is 5.82 Å². The van der Waals surface area contributed by atoms with Crippen LogP contribution in [0.2, 0.25) is 0 Å². The predicted molar refractivity (Wildman–Crippen MR) is 69.6 cm³/mol. The summed E-state index contributed by atoms with van der Waals surface area (Å²) in [6.45, 7) is -0.198. The number of carbonyl (C=O) groups excluding carboxylic acids is 1. The Bertz CT molecular complexity index is 484. The Kier molecular flexibility index (Phi) is 5.71. The van der Waals surface area contributed by atoms with E-state index in [0.29, 0.717) is 0 Å². The molecule has 1 rings (SSSR count). The van der Waals surface area contributed by atoms with Crippen molar-refractivity contribution in [2.75, 3.05) is 19.0 Å². The molecule has 1 atom stereocenters. The average Bonchev–Trinajstić information content (AvgIpc) is 2.34. The van der Waals surface area contributed by atoms with Crippen LogP contribution in [0.3, 0.4) is 0 Å². The molecule has 0 aromatic heterocycles. The number of rotatable bonds is 5. The van der Waals surface area contributed by atoms with Gasteiger partial charge in [0.15, 0.2) is 6.10 Å². The molecule has 6 nitrogen and oxygen atoms in total. The highest BCUT2D eigenvalue weighted by Crippen LogP contribution is 2.19. The van der Waals surface area contributed by atoms with Gasteiger partial charge in [-0.2, -0.15) is 0 Å². The van der Waals surface area contributed by atoms with Crippen LogP contribution in [0.15, 0.2) is 22.7 Å². The monoisotopic (exact) mass is 334 g/mol. The number of amides is 2. The summed E-state index contributed by atoms with van der Waals surface area (Å²) in [5.41, 5.74) is 0.252. The lowest BCUT2D eigenvalue weighted by Gasteiger charge is -2.12. The zero-order valence-electron chi connectivity index (χ0n) is 9.94. The van der Waals surface area contributed by atoms with E-state index in [0.717, 1.165) is 6.07 Å². The summed E-state index contributed by atoms with van der Waals surface area (Å²) < 4.78 is 18.1. The fourth-order valence-corrected chi connectivity index (χ4v) is 1.45. The van der Waals surface area contributed by atoms with Crippen molar-refractivity contribution >= 4 is 33.6 Å². The first kappa shape index (κ1) is 15.4. The van der Waals surface area contributed by atoms with Gasteiger partial charge in [0.25, 0.3) is 0 Å². The van der Waals surface area contributed by atoms with Crippen molar-refractivity contribution in [3.8, 4) is 0 Å². The van der Waals surface area contributed by atoms with Gasteiger partial charge in [-0.15, -0.1) is 0 Å². The van der Waals surface area contributed by atoms with E-state index in [1.54, 1.807) is 0 Å². The summed E-state index contributed by atoms with van der Waals surface area (Å²) in [7, 11) is 1.22. The largest absolute Gasteiger partial charge is 0.479 e. The second-order valence-electron chi connectivity index (χ2n) is 3.53. The minimum absolute atomic E-state index is 0.198. The van der Waals surface area contributed by atoms with Crippen molar-refractivity contribution < 1.29 is 23.8 Å². The van der Waals surface area contributed by atoms with E-state index < -0.39 is 23.9 Å². The molecule has 0 aliphatic heterocycles. The fraction of sp³-hybridized carbons (Fsp3) is 0.273. The number of methoxy groups -OCH3 is 1. The van der Waals surface area contributed by atoms with Gasteiger partial charge in [-0.1, -0.05) is 0 Å². The van der Waals surface area contributed by atoms with E-state index in [4.69, 9.17) is 5.11 Å². The summed E-state index contributed by atoms with van der Waals surface area (Å²) in [4.78, 5) is 22.1. The first-order valence-corrected chi connectivity index (χ1v) is 5.99. The Labute approximate surface area is 117 Å². The van der Waals surface area contributed by atoms with Crippen LogP contribution in [0.25, 0.3) is 0 Å². The normalized spacial score (nSPS) is 11.7. The second-order valence-corrected chi connectivity index (χ2v) is 4.38. The second kappa shape index (κ2) is 7.05. The van der Waals surface area contributed by atoms with Crippen molar-refractivity contribution in [1.82, 2.24) is 5.32 Å². The third-order valence-corrected chi connectivity index (χ3v) is 2.83. The van der Waals surface area contributed by atoms with E-state index in [1.165, 1.54) is 19.2 Å². The number of hydrogen-bond donors (Lipinski definition) is 3. The van der Waals surface area contributed by atoms with E-state index in [2.05, 4.69) is 31.3 Å². The Balaban J connectivity index is 2.51. The number of halogens is 2. The fourth-order valence-electron chi connectivity index (χ4n) is 1.21. The van der Waals surface area contributed by atoms with Gasteiger partial charge in [-0.05, 0) is 34.1 Å². The highest BCUT2D eigenvalue weighted by molar-refractivity contribution is 9.10. The Hall–Kier alpha value is -1.67. The van der Waals surface area contributed by atoms with E-state index >= 15 is 0 Å². The molecule has 104 valence electrons. The number of carbonyl (C=O) groups is 2. The van der Waals surface area contributed by atoms with E-state index in [1.807, 2.05) is 0 Å². The summed E-state index contributed by atoms with van der Waals surface area (Å²) in [5, 5.41) is 13.4. The zero-order chi connectivity index (χ0) is 14.4. The van der Waals surface area contributed by atoms with Crippen LogP contribution in [-0.2, 0) is 9.53 Å². The third kappa shape index (κ3) is 4.84. The molecule has 8 heteroatoms. The lowest BCUT2D eigenvalue weighted by Crippen LogP contribution is -2.39. The molecule has 1 unspecified atom stereocenters. The summed E-state index contributed by atoms with van der Waals surface area (Å²) in [6.07, 6.45) is -1.13. The number of benzene rings is 1.